The molecular weight excluding hydrogens is 246 g/mol. The molecule has 2 rings (SSSR count). The summed E-state index contributed by atoms with van der Waals surface area (Å²) in [5.41, 5.74) is 3.91. The number of hydrogen-bond donors (Lipinski definition) is 2. The van der Waals surface area contributed by atoms with Crippen molar-refractivity contribution in [3.05, 3.63) is 65.2 Å². The second-order valence-electron chi connectivity index (χ2n) is 5.52. The molecule has 20 heavy (non-hydrogen) atoms. The van der Waals surface area contributed by atoms with Crippen LogP contribution in [-0.4, -0.2) is 11.1 Å². The number of benzene rings is 2. The Kier molecular flexibility index (Phi) is 4.80. The van der Waals surface area contributed by atoms with Crippen LogP contribution in [0.5, 0.6) is 5.75 Å². The summed E-state index contributed by atoms with van der Waals surface area (Å²) in [5.74, 6) is 0.322. The number of nitrogens with one attached hydrogen (secondary N) is 1. The van der Waals surface area contributed by atoms with Gasteiger partial charge in [0.05, 0.1) is 0 Å². The van der Waals surface area contributed by atoms with Gasteiger partial charge in [-0.3, -0.25) is 0 Å². The Morgan fingerprint density at radius 3 is 2.30 bits per heavy atom. The summed E-state index contributed by atoms with van der Waals surface area (Å²) in [5, 5.41) is 12.9. The van der Waals surface area contributed by atoms with Gasteiger partial charge in [0.15, 0.2) is 0 Å². The number of aryl methyl sites for hydroxylation is 1. The summed E-state index contributed by atoms with van der Waals surface area (Å²) in [4.78, 5) is 0. The lowest BCUT2D eigenvalue weighted by atomic mass is 10.0. The molecule has 0 fully saturated rings. The Hall–Kier alpha value is -1.80. The minimum absolute atomic E-state index is 0.322. The quantitative estimate of drug-likeness (QED) is 0.860. The zero-order chi connectivity index (χ0) is 14.5. The van der Waals surface area contributed by atoms with Crippen LogP contribution < -0.4 is 5.32 Å². The number of phenolic OH excluding ortho intramolecular Hbond substituents is 1. The predicted octanol–water partition coefficient (Wildman–Crippen LogP) is 3.98. The molecule has 0 aliphatic rings. The van der Waals surface area contributed by atoms with Crippen molar-refractivity contribution in [3.63, 3.8) is 0 Å². The van der Waals surface area contributed by atoms with Crippen LogP contribution in [0.4, 0.5) is 0 Å². The third kappa shape index (κ3) is 3.84. The van der Waals surface area contributed by atoms with E-state index in [9.17, 15) is 5.11 Å². The molecule has 2 heteroatoms. The molecule has 1 unspecified atom stereocenters. The van der Waals surface area contributed by atoms with E-state index in [1.165, 1.54) is 16.7 Å². The van der Waals surface area contributed by atoms with E-state index in [0.717, 1.165) is 6.42 Å². The zero-order valence-corrected chi connectivity index (χ0v) is 12.4. The van der Waals surface area contributed by atoms with Gasteiger partial charge >= 0.3 is 0 Å². The van der Waals surface area contributed by atoms with E-state index in [0.29, 0.717) is 17.8 Å². The molecule has 0 amide bonds. The van der Waals surface area contributed by atoms with E-state index in [-0.39, 0.29) is 0 Å². The van der Waals surface area contributed by atoms with E-state index in [4.69, 9.17) is 0 Å². The second-order valence-corrected chi connectivity index (χ2v) is 5.52. The van der Waals surface area contributed by atoms with E-state index in [1.54, 1.807) is 12.1 Å². The zero-order valence-electron chi connectivity index (χ0n) is 12.4. The molecule has 0 aromatic heterocycles. The first kappa shape index (κ1) is 14.6. The van der Waals surface area contributed by atoms with Crippen LogP contribution in [0.1, 0.15) is 36.6 Å². The Bertz CT molecular complexity index is 548. The maximum absolute atomic E-state index is 9.30. The van der Waals surface area contributed by atoms with Crippen molar-refractivity contribution < 1.29 is 5.11 Å². The van der Waals surface area contributed by atoms with Gasteiger partial charge in [-0.15, -0.1) is 0 Å². The molecule has 2 N–H and O–H groups in total. The van der Waals surface area contributed by atoms with Gasteiger partial charge in [0.1, 0.15) is 5.75 Å². The van der Waals surface area contributed by atoms with E-state index >= 15 is 0 Å². The lowest BCUT2D eigenvalue weighted by molar-refractivity contribution is 0.470. The molecule has 2 aromatic carbocycles. The van der Waals surface area contributed by atoms with Crippen LogP contribution in [0, 0.1) is 6.92 Å². The molecule has 0 saturated heterocycles. The van der Waals surface area contributed by atoms with Gasteiger partial charge in [-0.2, -0.15) is 0 Å². The molecule has 0 spiro atoms. The highest BCUT2D eigenvalue weighted by molar-refractivity contribution is 5.29. The van der Waals surface area contributed by atoms with Gasteiger partial charge in [0.2, 0.25) is 0 Å². The Labute approximate surface area is 121 Å². The summed E-state index contributed by atoms with van der Waals surface area (Å²) < 4.78 is 0. The van der Waals surface area contributed by atoms with Gasteiger partial charge in [-0.05, 0) is 56.0 Å². The lowest BCUT2D eigenvalue weighted by Gasteiger charge is -2.22. The van der Waals surface area contributed by atoms with Gasteiger partial charge in [0, 0.05) is 12.1 Å². The summed E-state index contributed by atoms with van der Waals surface area (Å²) >= 11 is 0. The Morgan fingerprint density at radius 1 is 1.00 bits per heavy atom. The molecule has 0 heterocycles. The number of phenols is 1. The average Bonchev–Trinajstić information content (AvgIpc) is 2.41. The third-order valence-corrected chi connectivity index (χ3v) is 3.67. The van der Waals surface area contributed by atoms with Crippen molar-refractivity contribution >= 4 is 0 Å². The molecular formula is C18H23NO. The SMILES string of the molecule is Cc1ccccc1[C@@H](C)NC(C)Cc1ccc(O)cc1. The van der Waals surface area contributed by atoms with Crippen LogP contribution >= 0.6 is 0 Å². The molecule has 2 aromatic rings. The van der Waals surface area contributed by atoms with Crippen molar-refractivity contribution in [3.8, 4) is 5.75 Å². The Balaban J connectivity index is 1.96. The maximum Gasteiger partial charge on any atom is 0.115 e. The summed E-state index contributed by atoms with van der Waals surface area (Å²) in [6.45, 7) is 6.55. The van der Waals surface area contributed by atoms with E-state index in [1.807, 2.05) is 12.1 Å². The monoisotopic (exact) mass is 269 g/mol. The molecule has 0 aliphatic carbocycles. The molecule has 2 atom stereocenters. The summed E-state index contributed by atoms with van der Waals surface area (Å²) in [7, 11) is 0. The van der Waals surface area contributed by atoms with Crippen molar-refractivity contribution in [2.24, 2.45) is 0 Å². The van der Waals surface area contributed by atoms with Crippen LogP contribution in [0.15, 0.2) is 48.5 Å². The van der Waals surface area contributed by atoms with Crippen molar-refractivity contribution in [1.29, 1.82) is 0 Å². The third-order valence-electron chi connectivity index (χ3n) is 3.67. The lowest BCUT2D eigenvalue weighted by Crippen LogP contribution is -2.31. The van der Waals surface area contributed by atoms with Crippen LogP contribution in [0.2, 0.25) is 0 Å². The van der Waals surface area contributed by atoms with E-state index < -0.39 is 0 Å². The van der Waals surface area contributed by atoms with Crippen molar-refractivity contribution in [2.75, 3.05) is 0 Å². The first-order valence-corrected chi connectivity index (χ1v) is 7.15. The molecule has 0 saturated carbocycles. The van der Waals surface area contributed by atoms with Crippen molar-refractivity contribution in [2.45, 2.75) is 39.3 Å². The fourth-order valence-corrected chi connectivity index (χ4v) is 2.63. The largest absolute Gasteiger partial charge is 0.508 e. The van der Waals surface area contributed by atoms with Gasteiger partial charge in [0.25, 0.3) is 0 Å². The van der Waals surface area contributed by atoms with Gasteiger partial charge < -0.3 is 10.4 Å². The van der Waals surface area contributed by atoms with Gasteiger partial charge in [-0.25, -0.2) is 0 Å². The highest BCUT2D eigenvalue weighted by Gasteiger charge is 2.11. The van der Waals surface area contributed by atoms with Gasteiger partial charge in [-0.1, -0.05) is 36.4 Å². The number of aromatic hydroxyl groups is 1. The molecule has 0 bridgehead atoms. The fraction of sp³-hybridized carbons (Fsp3) is 0.333. The fourth-order valence-electron chi connectivity index (χ4n) is 2.63. The summed E-state index contributed by atoms with van der Waals surface area (Å²) in [6, 6.07) is 16.7. The first-order valence-electron chi connectivity index (χ1n) is 7.15. The average molecular weight is 269 g/mol. The van der Waals surface area contributed by atoms with E-state index in [2.05, 4.69) is 50.4 Å². The smallest absolute Gasteiger partial charge is 0.115 e. The molecule has 2 nitrogen and oxygen atoms in total. The topological polar surface area (TPSA) is 32.3 Å². The molecule has 0 radical (unpaired) electrons. The van der Waals surface area contributed by atoms with Crippen LogP contribution in [-0.2, 0) is 6.42 Å². The first-order chi connectivity index (χ1) is 9.56. The Morgan fingerprint density at radius 2 is 1.65 bits per heavy atom. The normalized spacial score (nSPS) is 13.9. The predicted molar refractivity (Wildman–Crippen MR) is 84.0 cm³/mol. The minimum atomic E-state index is 0.322. The molecule has 0 aliphatic heterocycles. The maximum atomic E-state index is 9.30. The highest BCUT2D eigenvalue weighted by atomic mass is 16.3. The second kappa shape index (κ2) is 6.58. The minimum Gasteiger partial charge on any atom is -0.508 e. The summed E-state index contributed by atoms with van der Waals surface area (Å²) in [6.07, 6.45) is 0.955. The highest BCUT2D eigenvalue weighted by Crippen LogP contribution is 2.18. The van der Waals surface area contributed by atoms with Crippen LogP contribution in [0.3, 0.4) is 0 Å². The number of hydrogen-bond acceptors (Lipinski definition) is 2. The van der Waals surface area contributed by atoms with Crippen LogP contribution in [0.25, 0.3) is 0 Å². The standard InChI is InChI=1S/C18H23NO/c1-13-6-4-5-7-18(13)15(3)19-14(2)12-16-8-10-17(20)11-9-16/h4-11,14-15,19-20H,12H2,1-3H3/t14?,15-/m1/s1. The molecule has 106 valence electrons. The number of rotatable bonds is 5. The van der Waals surface area contributed by atoms with Crippen molar-refractivity contribution in [1.82, 2.24) is 5.32 Å².